The average molecular weight is 465 g/mol. The summed E-state index contributed by atoms with van der Waals surface area (Å²) in [6.45, 7) is 6.75. The minimum atomic E-state index is -1.35. The number of rotatable bonds is 14. The van der Waals surface area contributed by atoms with Gasteiger partial charge in [0.1, 0.15) is 17.8 Å². The van der Waals surface area contributed by atoms with Crippen molar-refractivity contribution in [3.05, 3.63) is 72.4 Å². The highest BCUT2D eigenvalue weighted by molar-refractivity contribution is 5.81. The van der Waals surface area contributed by atoms with Crippen molar-refractivity contribution in [2.24, 2.45) is 11.5 Å². The lowest BCUT2D eigenvalue weighted by Crippen LogP contribution is -2.47. The van der Waals surface area contributed by atoms with Gasteiger partial charge in [-0.1, -0.05) is 43.5 Å². The molecule has 2 amide bonds. The Morgan fingerprint density at radius 1 is 1.18 bits per heavy atom. The maximum atomic E-state index is 13.4. The molecule has 0 aliphatic carbocycles. The highest BCUT2D eigenvalue weighted by Crippen LogP contribution is 2.19. The molecule has 0 saturated carbocycles. The van der Waals surface area contributed by atoms with E-state index in [1.165, 1.54) is 4.90 Å². The molecule has 9 heteroatoms. The minimum absolute atomic E-state index is 0.0443. The highest BCUT2D eigenvalue weighted by atomic mass is 19.1. The fourth-order valence-electron chi connectivity index (χ4n) is 3.12. The number of amides is 2. The Kier molecular flexibility index (Phi) is 12.2. The van der Waals surface area contributed by atoms with Crippen molar-refractivity contribution in [2.75, 3.05) is 20.1 Å². The van der Waals surface area contributed by atoms with E-state index in [1.807, 2.05) is 30.3 Å². The second-order valence-electron chi connectivity index (χ2n) is 7.95. The Labute approximate surface area is 193 Å². The van der Waals surface area contributed by atoms with Crippen LogP contribution in [0, 0.1) is 0 Å². The summed E-state index contributed by atoms with van der Waals surface area (Å²) in [5.41, 5.74) is 12.7. The molecule has 7 nitrogen and oxygen atoms in total. The molecule has 0 saturated heterocycles. The molecular formula is C24H34F2N4O3. The maximum Gasteiger partial charge on any atom is 0.250 e. The summed E-state index contributed by atoms with van der Waals surface area (Å²) in [7, 11) is 1.58. The van der Waals surface area contributed by atoms with Crippen LogP contribution in [0.1, 0.15) is 24.8 Å². The number of aliphatic hydroxyl groups excluding tert-OH is 1. The van der Waals surface area contributed by atoms with E-state index in [0.29, 0.717) is 19.4 Å². The van der Waals surface area contributed by atoms with Gasteiger partial charge in [0.05, 0.1) is 0 Å². The summed E-state index contributed by atoms with van der Waals surface area (Å²) in [4.78, 5) is 25.9. The first-order valence-electron chi connectivity index (χ1n) is 10.7. The van der Waals surface area contributed by atoms with Crippen LogP contribution in [0.2, 0.25) is 0 Å². The molecule has 1 aromatic carbocycles. The van der Waals surface area contributed by atoms with Gasteiger partial charge in [0.15, 0.2) is 0 Å². The van der Waals surface area contributed by atoms with Crippen LogP contribution < -0.4 is 16.8 Å². The molecule has 0 aromatic heterocycles. The van der Waals surface area contributed by atoms with E-state index in [0.717, 1.165) is 11.6 Å². The number of benzene rings is 1. The molecule has 33 heavy (non-hydrogen) atoms. The summed E-state index contributed by atoms with van der Waals surface area (Å²) in [5.74, 6) is -2.50. The third-order valence-corrected chi connectivity index (χ3v) is 4.98. The van der Waals surface area contributed by atoms with Gasteiger partial charge in [-0.15, -0.1) is 0 Å². The van der Waals surface area contributed by atoms with E-state index in [1.54, 1.807) is 7.05 Å². The quantitative estimate of drug-likeness (QED) is 0.247. The van der Waals surface area contributed by atoms with E-state index >= 15 is 0 Å². The van der Waals surface area contributed by atoms with Crippen molar-refractivity contribution >= 4 is 11.8 Å². The van der Waals surface area contributed by atoms with Crippen LogP contribution in [-0.4, -0.2) is 60.1 Å². The van der Waals surface area contributed by atoms with Crippen molar-refractivity contribution in [3.8, 4) is 0 Å². The van der Waals surface area contributed by atoms with Crippen molar-refractivity contribution in [1.82, 2.24) is 10.2 Å². The number of carbonyl (C=O) groups is 2. The van der Waals surface area contributed by atoms with E-state index in [-0.39, 0.29) is 30.9 Å². The SMILES string of the molecule is C=C(F)/C=C(/CC(N)CC(=O)N(C)CCCNC(=O)C(O)C(N)Cc1ccccc1)C(=C)F. The number of halogens is 2. The van der Waals surface area contributed by atoms with E-state index < -0.39 is 35.7 Å². The van der Waals surface area contributed by atoms with Crippen molar-refractivity contribution in [3.63, 3.8) is 0 Å². The van der Waals surface area contributed by atoms with Crippen LogP contribution in [0.4, 0.5) is 8.78 Å². The third kappa shape index (κ3) is 11.0. The topological polar surface area (TPSA) is 122 Å². The smallest absolute Gasteiger partial charge is 0.250 e. The Balaban J connectivity index is 2.36. The second-order valence-corrected chi connectivity index (χ2v) is 7.95. The van der Waals surface area contributed by atoms with Gasteiger partial charge >= 0.3 is 0 Å². The number of aliphatic hydroxyl groups is 1. The Morgan fingerprint density at radius 3 is 2.39 bits per heavy atom. The zero-order valence-corrected chi connectivity index (χ0v) is 19.0. The summed E-state index contributed by atoms with van der Waals surface area (Å²) in [5, 5.41) is 12.7. The molecular weight excluding hydrogens is 430 g/mol. The monoisotopic (exact) mass is 464 g/mol. The van der Waals surface area contributed by atoms with Gasteiger partial charge in [0, 0.05) is 38.6 Å². The predicted octanol–water partition coefficient (Wildman–Crippen LogP) is 1.88. The van der Waals surface area contributed by atoms with Crippen molar-refractivity contribution in [1.29, 1.82) is 0 Å². The number of hydrogen-bond donors (Lipinski definition) is 4. The largest absolute Gasteiger partial charge is 0.382 e. The predicted molar refractivity (Wildman–Crippen MR) is 125 cm³/mol. The summed E-state index contributed by atoms with van der Waals surface area (Å²) in [6.07, 6.45) is 0.223. The first-order valence-corrected chi connectivity index (χ1v) is 10.7. The maximum absolute atomic E-state index is 13.4. The zero-order chi connectivity index (χ0) is 25.0. The van der Waals surface area contributed by atoms with Crippen LogP contribution in [0.25, 0.3) is 0 Å². The number of hydrogen-bond acceptors (Lipinski definition) is 5. The number of allylic oxidation sites excluding steroid dienone is 3. The Bertz CT molecular complexity index is 845. The lowest BCUT2D eigenvalue weighted by Gasteiger charge is -2.21. The molecule has 3 unspecified atom stereocenters. The van der Waals surface area contributed by atoms with Gasteiger partial charge < -0.3 is 26.8 Å². The zero-order valence-electron chi connectivity index (χ0n) is 19.0. The molecule has 182 valence electrons. The molecule has 1 rings (SSSR count). The number of nitrogens with zero attached hydrogens (tertiary/aromatic N) is 1. The summed E-state index contributed by atoms with van der Waals surface area (Å²) in [6, 6.07) is 7.85. The second kappa shape index (κ2) is 14.3. The highest BCUT2D eigenvalue weighted by Gasteiger charge is 2.23. The van der Waals surface area contributed by atoms with E-state index in [4.69, 9.17) is 11.5 Å². The van der Waals surface area contributed by atoms with Crippen LogP contribution in [0.5, 0.6) is 0 Å². The first kappa shape index (κ1) is 28.2. The van der Waals surface area contributed by atoms with Crippen molar-refractivity contribution in [2.45, 2.75) is 43.9 Å². The molecule has 3 atom stereocenters. The minimum Gasteiger partial charge on any atom is -0.382 e. The van der Waals surface area contributed by atoms with Crippen molar-refractivity contribution < 1.29 is 23.5 Å². The van der Waals surface area contributed by atoms with E-state index in [2.05, 4.69) is 18.5 Å². The van der Waals surface area contributed by atoms with Crippen LogP contribution >= 0.6 is 0 Å². The molecule has 0 heterocycles. The lowest BCUT2D eigenvalue weighted by molar-refractivity contribution is -0.130. The molecule has 0 radical (unpaired) electrons. The third-order valence-electron chi connectivity index (χ3n) is 4.98. The van der Waals surface area contributed by atoms with Crippen LogP contribution in [0.3, 0.4) is 0 Å². The molecule has 0 aliphatic heterocycles. The van der Waals surface area contributed by atoms with Crippen LogP contribution in [-0.2, 0) is 16.0 Å². The summed E-state index contributed by atoms with van der Waals surface area (Å²) < 4.78 is 26.3. The number of carbonyl (C=O) groups excluding carboxylic acids is 2. The molecule has 0 aliphatic rings. The Hall–Kier alpha value is -2.88. The fraction of sp³-hybridized carbons (Fsp3) is 0.417. The van der Waals surface area contributed by atoms with Gasteiger partial charge in [-0.25, -0.2) is 8.78 Å². The Morgan fingerprint density at radius 2 is 1.82 bits per heavy atom. The van der Waals surface area contributed by atoms with Gasteiger partial charge in [-0.05, 0) is 36.5 Å². The first-order chi connectivity index (χ1) is 15.5. The summed E-state index contributed by atoms with van der Waals surface area (Å²) >= 11 is 0. The molecule has 6 N–H and O–H groups in total. The fourth-order valence-corrected chi connectivity index (χ4v) is 3.12. The molecule has 0 bridgehead atoms. The molecule has 0 fully saturated rings. The van der Waals surface area contributed by atoms with Gasteiger partial charge in [-0.2, -0.15) is 0 Å². The van der Waals surface area contributed by atoms with Crippen LogP contribution in [0.15, 0.2) is 66.8 Å². The average Bonchev–Trinajstić information content (AvgIpc) is 2.75. The standard InChI is InChI=1S/C24H34F2N4O3/c1-16(25)12-19(17(2)26)14-20(27)15-22(31)30(3)11-7-10-29-24(33)23(32)21(28)13-18-8-5-4-6-9-18/h4-6,8-9,12,20-21,23,32H,1-2,7,10-11,13-15,27-28H2,3H3,(H,29,33)/b19-12-. The van der Waals surface area contributed by atoms with E-state index in [9.17, 15) is 23.5 Å². The van der Waals surface area contributed by atoms with Gasteiger partial charge in [0.2, 0.25) is 11.8 Å². The van der Waals surface area contributed by atoms with Gasteiger partial charge in [-0.3, -0.25) is 9.59 Å². The number of nitrogens with one attached hydrogen (secondary N) is 1. The number of nitrogens with two attached hydrogens (primary N) is 2. The molecule has 1 aromatic rings. The molecule has 0 spiro atoms. The normalized spacial score (nSPS) is 14.2. The van der Waals surface area contributed by atoms with Gasteiger partial charge in [0.25, 0.3) is 0 Å². The lowest BCUT2D eigenvalue weighted by atomic mass is 10.0.